The molecule has 0 aliphatic carbocycles. The molecule has 98 valence electrons. The lowest BCUT2D eigenvalue weighted by molar-refractivity contribution is -0.144. The van der Waals surface area contributed by atoms with E-state index in [9.17, 15) is 14.4 Å². The van der Waals surface area contributed by atoms with Crippen LogP contribution in [0.2, 0.25) is 0 Å². The highest BCUT2D eigenvalue weighted by molar-refractivity contribution is 8.01. The number of amides is 2. The van der Waals surface area contributed by atoms with E-state index >= 15 is 0 Å². The van der Waals surface area contributed by atoms with Gasteiger partial charge in [-0.15, -0.1) is 11.8 Å². The fourth-order valence-electron chi connectivity index (χ4n) is 0.953. The van der Waals surface area contributed by atoms with Crippen LogP contribution in [0.15, 0.2) is 0 Å². The topological polar surface area (TPSA) is 101 Å². The fourth-order valence-corrected chi connectivity index (χ4v) is 1.69. The molecule has 0 bridgehead atoms. The summed E-state index contributed by atoms with van der Waals surface area (Å²) in [4.78, 5) is 33.9. The molecule has 0 aliphatic rings. The number of primary amides is 1. The molecule has 0 saturated heterocycles. The number of aliphatic carboxylic acids is 1. The summed E-state index contributed by atoms with van der Waals surface area (Å²) in [5.41, 5.74) is 4.96. The highest BCUT2D eigenvalue weighted by Crippen LogP contribution is 2.23. The Labute approximate surface area is 105 Å². The minimum absolute atomic E-state index is 0.0999. The van der Waals surface area contributed by atoms with Gasteiger partial charge < -0.3 is 15.7 Å². The van der Waals surface area contributed by atoms with Crippen molar-refractivity contribution in [1.82, 2.24) is 4.90 Å². The van der Waals surface area contributed by atoms with Gasteiger partial charge in [-0.1, -0.05) is 20.8 Å². The summed E-state index contributed by atoms with van der Waals surface area (Å²) >= 11 is 1.39. The number of carboxylic acids is 1. The second kappa shape index (κ2) is 6.48. The Morgan fingerprint density at radius 1 is 1.24 bits per heavy atom. The van der Waals surface area contributed by atoms with E-state index in [0.717, 1.165) is 4.90 Å². The zero-order valence-electron chi connectivity index (χ0n) is 10.2. The maximum atomic E-state index is 11.7. The standard InChI is InChI=1S/C10H18N2O4S/c1-10(2,3)17-6-8(14)12(4-7(11)13)5-9(15)16/h4-6H2,1-3H3,(H2,11,13)(H,15,16). The van der Waals surface area contributed by atoms with Gasteiger partial charge in [0.15, 0.2) is 0 Å². The molecule has 0 aromatic heterocycles. The van der Waals surface area contributed by atoms with Crippen molar-refractivity contribution in [2.24, 2.45) is 5.73 Å². The minimum Gasteiger partial charge on any atom is -0.480 e. The number of carbonyl (C=O) groups is 3. The summed E-state index contributed by atoms with van der Waals surface area (Å²) in [6.45, 7) is 4.96. The average Bonchev–Trinajstić information content (AvgIpc) is 2.10. The molecule has 3 N–H and O–H groups in total. The van der Waals surface area contributed by atoms with E-state index in [0.29, 0.717) is 0 Å². The van der Waals surface area contributed by atoms with Crippen LogP contribution < -0.4 is 5.73 Å². The van der Waals surface area contributed by atoms with E-state index in [1.165, 1.54) is 11.8 Å². The van der Waals surface area contributed by atoms with E-state index in [2.05, 4.69) is 0 Å². The molecule has 0 spiro atoms. The third-order valence-electron chi connectivity index (χ3n) is 1.65. The van der Waals surface area contributed by atoms with Gasteiger partial charge in [0.05, 0.1) is 12.3 Å². The largest absolute Gasteiger partial charge is 0.480 e. The van der Waals surface area contributed by atoms with Gasteiger partial charge in [-0.25, -0.2) is 0 Å². The number of hydrogen-bond acceptors (Lipinski definition) is 4. The van der Waals surface area contributed by atoms with Crippen molar-refractivity contribution in [2.75, 3.05) is 18.8 Å². The maximum absolute atomic E-state index is 11.7. The van der Waals surface area contributed by atoms with Gasteiger partial charge in [-0.05, 0) is 0 Å². The summed E-state index contributed by atoms with van der Waals surface area (Å²) in [7, 11) is 0. The highest BCUT2D eigenvalue weighted by atomic mass is 32.2. The second-order valence-corrected chi connectivity index (χ2v) is 6.31. The van der Waals surface area contributed by atoms with Gasteiger partial charge in [0.2, 0.25) is 11.8 Å². The fraction of sp³-hybridized carbons (Fsp3) is 0.700. The molecule has 0 heterocycles. The number of hydrogen-bond donors (Lipinski definition) is 2. The van der Waals surface area contributed by atoms with Crippen molar-refractivity contribution >= 4 is 29.5 Å². The Kier molecular flexibility index (Phi) is 6.01. The quantitative estimate of drug-likeness (QED) is 0.697. The third kappa shape index (κ3) is 8.56. The Hall–Kier alpha value is -1.24. The van der Waals surface area contributed by atoms with Crippen LogP contribution in [0.1, 0.15) is 20.8 Å². The second-order valence-electron chi connectivity index (χ2n) is 4.51. The normalized spacial score (nSPS) is 11.0. The zero-order valence-corrected chi connectivity index (χ0v) is 11.0. The summed E-state index contributed by atoms with van der Waals surface area (Å²) < 4.78 is -0.0999. The predicted octanol–water partition coefficient (Wildman–Crippen LogP) is -0.0834. The molecule has 0 rings (SSSR count). The third-order valence-corrected chi connectivity index (χ3v) is 2.91. The van der Waals surface area contributed by atoms with Crippen molar-refractivity contribution in [3.8, 4) is 0 Å². The van der Waals surface area contributed by atoms with E-state index in [1.54, 1.807) is 0 Å². The summed E-state index contributed by atoms with van der Waals surface area (Å²) in [6, 6.07) is 0. The van der Waals surface area contributed by atoms with Crippen LogP contribution >= 0.6 is 11.8 Å². The first-order chi connectivity index (χ1) is 7.61. The van der Waals surface area contributed by atoms with Crippen LogP contribution in [0.25, 0.3) is 0 Å². The Morgan fingerprint density at radius 2 is 1.76 bits per heavy atom. The monoisotopic (exact) mass is 262 g/mol. The van der Waals surface area contributed by atoms with Crippen molar-refractivity contribution in [3.63, 3.8) is 0 Å². The van der Waals surface area contributed by atoms with Crippen LogP contribution in [0.4, 0.5) is 0 Å². The molecule has 0 fully saturated rings. The van der Waals surface area contributed by atoms with E-state index < -0.39 is 24.3 Å². The van der Waals surface area contributed by atoms with Gasteiger partial charge >= 0.3 is 5.97 Å². The van der Waals surface area contributed by atoms with Crippen molar-refractivity contribution in [2.45, 2.75) is 25.5 Å². The summed E-state index contributed by atoms with van der Waals surface area (Å²) in [5, 5.41) is 8.62. The first kappa shape index (κ1) is 15.8. The molecule has 0 aromatic rings. The molecule has 0 radical (unpaired) electrons. The smallest absolute Gasteiger partial charge is 0.323 e. The predicted molar refractivity (Wildman–Crippen MR) is 65.6 cm³/mol. The number of nitrogens with zero attached hydrogens (tertiary/aromatic N) is 1. The Balaban J connectivity index is 4.42. The lowest BCUT2D eigenvalue weighted by atomic mass is 10.3. The molecule has 6 nitrogen and oxygen atoms in total. The van der Waals surface area contributed by atoms with Crippen LogP contribution in [0.3, 0.4) is 0 Å². The number of nitrogens with two attached hydrogens (primary N) is 1. The average molecular weight is 262 g/mol. The number of carbonyl (C=O) groups excluding carboxylic acids is 2. The number of thioether (sulfide) groups is 1. The van der Waals surface area contributed by atoms with Crippen molar-refractivity contribution in [3.05, 3.63) is 0 Å². The van der Waals surface area contributed by atoms with Crippen LogP contribution in [0, 0.1) is 0 Å². The first-order valence-electron chi connectivity index (χ1n) is 5.03. The number of rotatable bonds is 6. The van der Waals surface area contributed by atoms with E-state index in [-0.39, 0.29) is 17.0 Å². The molecule has 0 aliphatic heterocycles. The van der Waals surface area contributed by atoms with Crippen LogP contribution in [0.5, 0.6) is 0 Å². The molecule has 7 heteroatoms. The van der Waals surface area contributed by atoms with Gasteiger partial charge in [0, 0.05) is 4.75 Å². The Morgan fingerprint density at radius 3 is 2.12 bits per heavy atom. The lowest BCUT2D eigenvalue weighted by Gasteiger charge is -2.22. The van der Waals surface area contributed by atoms with Gasteiger partial charge in [-0.2, -0.15) is 0 Å². The SMILES string of the molecule is CC(C)(C)SCC(=O)N(CC(N)=O)CC(=O)O. The molecule has 17 heavy (non-hydrogen) atoms. The molecule has 0 atom stereocenters. The summed E-state index contributed by atoms with van der Waals surface area (Å²) in [6.07, 6.45) is 0. The number of carboxylic acid groups (broad SMARTS) is 1. The molecule has 0 unspecified atom stereocenters. The maximum Gasteiger partial charge on any atom is 0.323 e. The highest BCUT2D eigenvalue weighted by Gasteiger charge is 2.21. The van der Waals surface area contributed by atoms with Gasteiger partial charge in [0.1, 0.15) is 6.54 Å². The molecule has 0 aromatic carbocycles. The lowest BCUT2D eigenvalue weighted by Crippen LogP contribution is -2.42. The van der Waals surface area contributed by atoms with Crippen molar-refractivity contribution < 1.29 is 19.5 Å². The molecular weight excluding hydrogens is 244 g/mol. The van der Waals surface area contributed by atoms with Crippen molar-refractivity contribution in [1.29, 1.82) is 0 Å². The Bertz CT molecular complexity index is 296. The van der Waals surface area contributed by atoms with Gasteiger partial charge in [-0.3, -0.25) is 14.4 Å². The summed E-state index contributed by atoms with van der Waals surface area (Å²) in [5.74, 6) is -2.16. The van der Waals surface area contributed by atoms with Gasteiger partial charge in [0.25, 0.3) is 0 Å². The van der Waals surface area contributed by atoms with Crippen LogP contribution in [-0.4, -0.2) is 51.4 Å². The zero-order chi connectivity index (χ0) is 13.6. The molecule has 0 saturated carbocycles. The van der Waals surface area contributed by atoms with E-state index in [4.69, 9.17) is 10.8 Å². The molecular formula is C10H18N2O4S. The minimum atomic E-state index is -1.17. The van der Waals surface area contributed by atoms with Crippen LogP contribution in [-0.2, 0) is 14.4 Å². The first-order valence-corrected chi connectivity index (χ1v) is 6.02. The molecule has 2 amide bonds. The van der Waals surface area contributed by atoms with E-state index in [1.807, 2.05) is 20.8 Å².